The van der Waals surface area contributed by atoms with E-state index in [1.165, 1.54) is 25.7 Å². The van der Waals surface area contributed by atoms with Crippen LogP contribution in [0.25, 0.3) is 105 Å². The Morgan fingerprint density at radius 3 is 1.33 bits per heavy atom. The van der Waals surface area contributed by atoms with E-state index in [-0.39, 0.29) is 0 Å². The van der Waals surface area contributed by atoms with Crippen molar-refractivity contribution in [2.24, 2.45) is 0 Å². The third-order valence-electron chi connectivity index (χ3n) is 11.1. The third-order valence-corrected chi connectivity index (χ3v) is 12.3. The number of nitrogens with zero attached hydrogens (tertiary/aromatic N) is 6. The smallest absolute Gasteiger partial charge is 0.164 e. The molecule has 0 N–H and O–H groups in total. The lowest BCUT2D eigenvalue weighted by molar-refractivity contribution is 0.978. The SMILES string of the molecule is C1=CCCC(c2nc(-c3ccccc3)nc(-c3ccc(-c4ccc5sc6c(-c7ccc(-c8nc(-c9ccccc9)nc(-c9ccccc9)n8)cc7)cccc6c5c4)cc3)n2)=C1. The Labute approximate surface area is 357 Å². The van der Waals surface area contributed by atoms with Crippen LogP contribution in [-0.2, 0) is 0 Å². The maximum atomic E-state index is 4.97. The molecule has 0 saturated heterocycles. The molecule has 0 atom stereocenters. The van der Waals surface area contributed by atoms with Crippen molar-refractivity contribution >= 4 is 37.1 Å². The van der Waals surface area contributed by atoms with Crippen LogP contribution in [-0.4, -0.2) is 29.9 Å². The number of hydrogen-bond donors (Lipinski definition) is 0. The quantitative estimate of drug-likeness (QED) is 0.152. The van der Waals surface area contributed by atoms with Crippen LogP contribution < -0.4 is 0 Å². The summed E-state index contributed by atoms with van der Waals surface area (Å²) in [7, 11) is 0. The normalized spacial score (nSPS) is 12.5. The number of hydrogen-bond acceptors (Lipinski definition) is 7. The molecule has 1 aliphatic rings. The van der Waals surface area contributed by atoms with E-state index in [1.807, 2.05) is 102 Å². The number of benzene rings is 7. The van der Waals surface area contributed by atoms with E-state index in [4.69, 9.17) is 29.9 Å². The molecular formula is C54H36N6S. The third kappa shape index (κ3) is 7.22. The second-order valence-electron chi connectivity index (χ2n) is 15.0. The van der Waals surface area contributed by atoms with Crippen LogP contribution >= 0.6 is 11.3 Å². The van der Waals surface area contributed by atoms with Crippen LogP contribution in [0.15, 0.2) is 194 Å². The van der Waals surface area contributed by atoms with Crippen molar-refractivity contribution in [3.05, 3.63) is 200 Å². The molecular weight excluding hydrogens is 765 g/mol. The standard InChI is InChI=1S/C54H36N6S/c1-5-14-37(15-6-1)49-55-50(38-16-7-2-8-17-38)58-53(57-49)41-28-24-35(25-29-41)43-32-33-47-46(34-43)45-23-13-22-44(48(45)61-47)36-26-30-42(31-27-36)54-59-51(39-18-9-3-10-19-39)56-52(60-54)40-20-11-4-12-21-40/h1-7,9-16,18-34H,8,17H2. The van der Waals surface area contributed by atoms with E-state index in [9.17, 15) is 0 Å². The molecule has 0 radical (unpaired) electrons. The van der Waals surface area contributed by atoms with Gasteiger partial charge in [0.15, 0.2) is 34.9 Å². The van der Waals surface area contributed by atoms with Gasteiger partial charge in [-0.1, -0.05) is 182 Å². The van der Waals surface area contributed by atoms with Crippen molar-refractivity contribution in [1.29, 1.82) is 0 Å². The highest BCUT2D eigenvalue weighted by Gasteiger charge is 2.17. The van der Waals surface area contributed by atoms with Crippen LogP contribution in [0.3, 0.4) is 0 Å². The van der Waals surface area contributed by atoms with Gasteiger partial charge in [0, 0.05) is 48.0 Å². The predicted molar refractivity (Wildman–Crippen MR) is 251 cm³/mol. The van der Waals surface area contributed by atoms with Crippen LogP contribution in [0, 0.1) is 0 Å². The molecule has 288 valence electrons. The highest BCUT2D eigenvalue weighted by molar-refractivity contribution is 7.26. The summed E-state index contributed by atoms with van der Waals surface area (Å²) in [4.78, 5) is 29.6. The molecule has 0 bridgehead atoms. The Bertz CT molecular complexity index is 3210. The molecule has 0 fully saturated rings. The van der Waals surface area contributed by atoms with Gasteiger partial charge in [0.2, 0.25) is 0 Å². The molecule has 61 heavy (non-hydrogen) atoms. The molecule has 7 aromatic carbocycles. The summed E-state index contributed by atoms with van der Waals surface area (Å²) in [6.45, 7) is 0. The van der Waals surface area contributed by atoms with Gasteiger partial charge in [-0.2, -0.15) is 0 Å². The molecule has 0 saturated carbocycles. The summed E-state index contributed by atoms with van der Waals surface area (Å²) in [6, 6.07) is 60.9. The average molecular weight is 801 g/mol. The lowest BCUT2D eigenvalue weighted by Gasteiger charge is -2.12. The van der Waals surface area contributed by atoms with E-state index in [1.54, 1.807) is 0 Å². The van der Waals surface area contributed by atoms with Crippen LogP contribution in [0.5, 0.6) is 0 Å². The molecule has 3 heterocycles. The minimum Gasteiger partial charge on any atom is -0.209 e. The minimum atomic E-state index is 0.643. The Morgan fingerprint density at radius 2 is 0.820 bits per heavy atom. The van der Waals surface area contributed by atoms with Crippen molar-refractivity contribution in [2.75, 3.05) is 0 Å². The fourth-order valence-corrected chi connectivity index (χ4v) is 9.13. The maximum absolute atomic E-state index is 4.97. The molecule has 10 aromatic rings. The molecule has 3 aromatic heterocycles. The van der Waals surface area contributed by atoms with Gasteiger partial charge in [-0.25, -0.2) is 29.9 Å². The first-order valence-corrected chi connectivity index (χ1v) is 21.2. The van der Waals surface area contributed by atoms with Crippen molar-refractivity contribution in [1.82, 2.24) is 29.9 Å². The summed E-state index contributed by atoms with van der Waals surface area (Å²) >= 11 is 1.83. The van der Waals surface area contributed by atoms with Crippen LogP contribution in [0.4, 0.5) is 0 Å². The minimum absolute atomic E-state index is 0.643. The van der Waals surface area contributed by atoms with Gasteiger partial charge in [-0.05, 0) is 52.8 Å². The summed E-state index contributed by atoms with van der Waals surface area (Å²) in [5, 5.41) is 2.49. The fourth-order valence-electron chi connectivity index (χ4n) is 7.91. The average Bonchev–Trinajstić information content (AvgIpc) is 3.73. The van der Waals surface area contributed by atoms with E-state index < -0.39 is 0 Å². The fraction of sp³-hybridized carbons (Fsp3) is 0.0370. The van der Waals surface area contributed by atoms with Gasteiger partial charge in [0.25, 0.3) is 0 Å². The Balaban J connectivity index is 0.908. The molecule has 0 spiro atoms. The van der Waals surface area contributed by atoms with Crippen molar-refractivity contribution in [3.63, 3.8) is 0 Å². The Kier molecular flexibility index (Phi) is 9.41. The van der Waals surface area contributed by atoms with E-state index in [0.29, 0.717) is 29.1 Å². The molecule has 0 aliphatic heterocycles. The monoisotopic (exact) mass is 800 g/mol. The van der Waals surface area contributed by atoms with Gasteiger partial charge >= 0.3 is 0 Å². The van der Waals surface area contributed by atoms with Crippen molar-refractivity contribution in [2.45, 2.75) is 12.8 Å². The molecule has 6 nitrogen and oxygen atoms in total. The zero-order chi connectivity index (χ0) is 40.5. The largest absolute Gasteiger partial charge is 0.209 e. The topological polar surface area (TPSA) is 77.3 Å². The Morgan fingerprint density at radius 1 is 0.361 bits per heavy atom. The van der Waals surface area contributed by atoms with E-state index in [0.717, 1.165) is 68.7 Å². The van der Waals surface area contributed by atoms with Gasteiger partial charge in [0.05, 0.1) is 0 Å². The van der Waals surface area contributed by atoms with E-state index >= 15 is 0 Å². The number of allylic oxidation sites excluding steroid dienone is 4. The highest BCUT2D eigenvalue weighted by atomic mass is 32.1. The molecule has 11 rings (SSSR count). The zero-order valence-corrected chi connectivity index (χ0v) is 33.8. The Hall–Kier alpha value is -7.74. The number of rotatable bonds is 8. The van der Waals surface area contributed by atoms with Gasteiger partial charge in [-0.3, -0.25) is 0 Å². The van der Waals surface area contributed by atoms with Crippen molar-refractivity contribution in [3.8, 4) is 79.2 Å². The summed E-state index contributed by atoms with van der Waals surface area (Å²) < 4.78 is 2.52. The molecule has 0 unspecified atom stereocenters. The highest BCUT2D eigenvalue weighted by Crippen LogP contribution is 2.42. The lowest BCUT2D eigenvalue weighted by atomic mass is 9.99. The molecule has 1 aliphatic carbocycles. The second-order valence-corrected chi connectivity index (χ2v) is 16.1. The van der Waals surface area contributed by atoms with Crippen LogP contribution in [0.1, 0.15) is 18.7 Å². The van der Waals surface area contributed by atoms with Gasteiger partial charge in [0.1, 0.15) is 0 Å². The van der Waals surface area contributed by atoms with Crippen molar-refractivity contribution < 1.29 is 0 Å². The number of fused-ring (bicyclic) bond motifs is 3. The first-order valence-electron chi connectivity index (χ1n) is 20.4. The second kappa shape index (κ2) is 15.8. The number of thiophene rings is 1. The first-order chi connectivity index (χ1) is 30.2. The number of aromatic nitrogens is 6. The molecule has 0 amide bonds. The van der Waals surface area contributed by atoms with Crippen LogP contribution in [0.2, 0.25) is 0 Å². The lowest BCUT2D eigenvalue weighted by Crippen LogP contribution is -2.03. The maximum Gasteiger partial charge on any atom is 0.164 e. The summed E-state index contributed by atoms with van der Waals surface area (Å²) in [5.74, 6) is 4.04. The summed E-state index contributed by atoms with van der Waals surface area (Å²) in [5.41, 5.74) is 10.5. The van der Waals surface area contributed by atoms with Gasteiger partial charge in [-0.15, -0.1) is 11.3 Å². The zero-order valence-electron chi connectivity index (χ0n) is 33.0. The van der Waals surface area contributed by atoms with E-state index in [2.05, 4.69) is 103 Å². The predicted octanol–water partition coefficient (Wildman–Crippen LogP) is 13.8. The summed E-state index contributed by atoms with van der Waals surface area (Å²) in [6.07, 6.45) is 8.28. The molecule has 7 heteroatoms. The van der Waals surface area contributed by atoms with Gasteiger partial charge < -0.3 is 0 Å². The first kappa shape index (κ1) is 36.3.